The predicted molar refractivity (Wildman–Crippen MR) is 93.6 cm³/mol. The minimum atomic E-state index is -0.0458. The van der Waals surface area contributed by atoms with Crippen molar-refractivity contribution >= 4 is 6.03 Å². The summed E-state index contributed by atoms with van der Waals surface area (Å²) >= 11 is 0. The largest absolute Gasteiger partial charge is 0.377 e. The molecule has 2 heterocycles. The third-order valence-electron chi connectivity index (χ3n) is 4.37. The lowest BCUT2D eigenvalue weighted by atomic mass is 10.0. The molecule has 126 valence electrons. The normalized spacial score (nSPS) is 18.9. The van der Waals surface area contributed by atoms with Gasteiger partial charge in [-0.15, -0.1) is 0 Å². The Kier molecular flexibility index (Phi) is 5.11. The molecule has 1 aromatic heterocycles. The van der Waals surface area contributed by atoms with E-state index in [1.807, 2.05) is 37.1 Å². The maximum atomic E-state index is 12.4. The molecule has 1 saturated heterocycles. The summed E-state index contributed by atoms with van der Waals surface area (Å²) in [5.41, 5.74) is 3.28. The molecule has 1 fully saturated rings. The monoisotopic (exact) mass is 325 g/mol. The number of ether oxygens (including phenoxy) is 1. The molecule has 0 unspecified atom stereocenters. The summed E-state index contributed by atoms with van der Waals surface area (Å²) in [6, 6.07) is 12.2. The summed E-state index contributed by atoms with van der Waals surface area (Å²) in [5.74, 6) is 0. The van der Waals surface area contributed by atoms with Gasteiger partial charge in [0.1, 0.15) is 0 Å². The van der Waals surface area contributed by atoms with Crippen LogP contribution >= 0.6 is 0 Å². The van der Waals surface area contributed by atoms with Crippen molar-refractivity contribution in [1.82, 2.24) is 15.2 Å². The number of nitrogens with one attached hydrogen (secondary N) is 1. The first-order valence-corrected chi connectivity index (χ1v) is 8.30. The average molecular weight is 325 g/mol. The van der Waals surface area contributed by atoms with Crippen molar-refractivity contribution in [2.75, 3.05) is 19.8 Å². The van der Waals surface area contributed by atoms with Gasteiger partial charge in [0.25, 0.3) is 0 Å². The molecule has 5 heteroatoms. The van der Waals surface area contributed by atoms with Crippen molar-refractivity contribution in [2.45, 2.75) is 25.9 Å². The number of aromatic nitrogens is 1. The molecule has 2 aromatic rings. The average Bonchev–Trinajstić information content (AvgIpc) is 2.63. The number of carbonyl (C=O) groups is 1. The van der Waals surface area contributed by atoms with E-state index < -0.39 is 0 Å². The summed E-state index contributed by atoms with van der Waals surface area (Å²) in [4.78, 5) is 18.4. The highest BCUT2D eigenvalue weighted by Gasteiger charge is 2.24. The molecule has 0 bridgehead atoms. The van der Waals surface area contributed by atoms with E-state index in [0.717, 1.165) is 16.7 Å². The quantitative estimate of drug-likeness (QED) is 0.942. The number of nitrogens with zero attached hydrogens (tertiary/aromatic N) is 2. The second-order valence-electron chi connectivity index (χ2n) is 6.15. The Hall–Kier alpha value is -2.40. The second kappa shape index (κ2) is 7.45. The standard InChI is InChI=1S/C19H23N3O2/c1-14-13-24-11-10-22(14)19(23)21-15(2)16-5-7-17(8-6-16)18-4-3-9-20-12-18/h3-9,12,14-15H,10-11,13H2,1-2H3,(H,21,23)/t14-,15+/m1/s1. The summed E-state index contributed by atoms with van der Waals surface area (Å²) in [6.07, 6.45) is 3.61. The molecular formula is C19H23N3O2. The van der Waals surface area contributed by atoms with Crippen LogP contribution in [0.15, 0.2) is 48.8 Å². The van der Waals surface area contributed by atoms with Crippen LogP contribution in [0.2, 0.25) is 0 Å². The van der Waals surface area contributed by atoms with Crippen molar-refractivity contribution in [2.24, 2.45) is 0 Å². The molecule has 1 aromatic carbocycles. The molecule has 5 nitrogen and oxygen atoms in total. The first-order chi connectivity index (χ1) is 11.6. The maximum absolute atomic E-state index is 12.4. The molecule has 0 saturated carbocycles. The zero-order valence-corrected chi connectivity index (χ0v) is 14.1. The Morgan fingerprint density at radius 1 is 1.29 bits per heavy atom. The van der Waals surface area contributed by atoms with Crippen molar-refractivity contribution in [3.05, 3.63) is 54.4 Å². The van der Waals surface area contributed by atoms with Gasteiger partial charge in [-0.1, -0.05) is 30.3 Å². The fraction of sp³-hybridized carbons (Fsp3) is 0.368. The number of carbonyl (C=O) groups excluding carboxylic acids is 1. The molecule has 1 aliphatic rings. The van der Waals surface area contributed by atoms with Gasteiger partial charge in [0.05, 0.1) is 25.3 Å². The van der Waals surface area contributed by atoms with Crippen LogP contribution in [0, 0.1) is 0 Å². The van der Waals surface area contributed by atoms with Gasteiger partial charge in [-0.3, -0.25) is 4.98 Å². The smallest absolute Gasteiger partial charge is 0.318 e. The number of benzene rings is 1. The molecule has 3 rings (SSSR count). The highest BCUT2D eigenvalue weighted by molar-refractivity contribution is 5.75. The number of hydrogen-bond acceptors (Lipinski definition) is 3. The minimum absolute atomic E-state index is 0.0327. The molecule has 2 amide bonds. The van der Waals surface area contributed by atoms with Gasteiger partial charge in [-0.2, -0.15) is 0 Å². The Balaban J connectivity index is 1.64. The van der Waals surface area contributed by atoms with E-state index in [2.05, 4.69) is 34.6 Å². The second-order valence-corrected chi connectivity index (χ2v) is 6.15. The highest BCUT2D eigenvalue weighted by atomic mass is 16.5. The van der Waals surface area contributed by atoms with Crippen molar-refractivity contribution in [1.29, 1.82) is 0 Å². The molecule has 2 atom stereocenters. The van der Waals surface area contributed by atoms with Gasteiger partial charge in [0.2, 0.25) is 0 Å². The summed E-state index contributed by atoms with van der Waals surface area (Å²) in [6.45, 7) is 5.85. The summed E-state index contributed by atoms with van der Waals surface area (Å²) < 4.78 is 5.38. The lowest BCUT2D eigenvalue weighted by molar-refractivity contribution is 0.0185. The third-order valence-corrected chi connectivity index (χ3v) is 4.37. The summed E-state index contributed by atoms with van der Waals surface area (Å²) in [5, 5.41) is 3.07. The Labute approximate surface area is 142 Å². The van der Waals surface area contributed by atoms with Crippen molar-refractivity contribution < 1.29 is 9.53 Å². The molecule has 1 N–H and O–H groups in total. The topological polar surface area (TPSA) is 54.5 Å². The zero-order chi connectivity index (χ0) is 16.9. The first-order valence-electron chi connectivity index (χ1n) is 8.30. The first kappa shape index (κ1) is 16.5. The predicted octanol–water partition coefficient (Wildman–Crippen LogP) is 3.24. The van der Waals surface area contributed by atoms with Crippen molar-refractivity contribution in [3.63, 3.8) is 0 Å². The van der Waals surface area contributed by atoms with E-state index in [-0.39, 0.29) is 18.1 Å². The van der Waals surface area contributed by atoms with Crippen molar-refractivity contribution in [3.8, 4) is 11.1 Å². The zero-order valence-electron chi connectivity index (χ0n) is 14.1. The van der Waals surface area contributed by atoms with Gasteiger partial charge in [0, 0.05) is 18.9 Å². The lowest BCUT2D eigenvalue weighted by Crippen LogP contribution is -2.51. The maximum Gasteiger partial charge on any atom is 0.318 e. The number of rotatable bonds is 3. The van der Waals surface area contributed by atoms with E-state index in [9.17, 15) is 4.79 Å². The van der Waals surface area contributed by atoms with E-state index in [1.165, 1.54) is 0 Å². The fourth-order valence-corrected chi connectivity index (χ4v) is 2.88. The third kappa shape index (κ3) is 3.74. The van der Waals surface area contributed by atoms with Gasteiger partial charge in [-0.05, 0) is 36.6 Å². The van der Waals surface area contributed by atoms with E-state index >= 15 is 0 Å². The van der Waals surface area contributed by atoms with E-state index in [1.54, 1.807) is 6.20 Å². The highest BCUT2D eigenvalue weighted by Crippen LogP contribution is 2.21. The molecule has 0 spiro atoms. The van der Waals surface area contributed by atoms with Gasteiger partial charge < -0.3 is 15.0 Å². The molecule has 24 heavy (non-hydrogen) atoms. The Morgan fingerprint density at radius 2 is 2.08 bits per heavy atom. The van der Waals surface area contributed by atoms with Crippen LogP contribution in [0.3, 0.4) is 0 Å². The molecule has 0 radical (unpaired) electrons. The number of pyridine rings is 1. The number of amides is 2. The van der Waals surface area contributed by atoms with Gasteiger partial charge >= 0.3 is 6.03 Å². The van der Waals surface area contributed by atoms with Crippen LogP contribution in [0.25, 0.3) is 11.1 Å². The van der Waals surface area contributed by atoms with Crippen LogP contribution < -0.4 is 5.32 Å². The van der Waals surface area contributed by atoms with Crippen LogP contribution in [0.5, 0.6) is 0 Å². The van der Waals surface area contributed by atoms with E-state index in [0.29, 0.717) is 19.8 Å². The van der Waals surface area contributed by atoms with Crippen LogP contribution in [0.1, 0.15) is 25.5 Å². The minimum Gasteiger partial charge on any atom is -0.377 e. The van der Waals surface area contributed by atoms with Gasteiger partial charge in [-0.25, -0.2) is 4.79 Å². The Morgan fingerprint density at radius 3 is 2.75 bits per heavy atom. The molecular weight excluding hydrogens is 302 g/mol. The lowest BCUT2D eigenvalue weighted by Gasteiger charge is -2.34. The van der Waals surface area contributed by atoms with Crippen LogP contribution in [-0.4, -0.2) is 41.7 Å². The van der Waals surface area contributed by atoms with Crippen LogP contribution in [0.4, 0.5) is 4.79 Å². The Bertz CT molecular complexity index is 673. The SMILES string of the molecule is C[C@H](NC(=O)N1CCOC[C@H]1C)c1ccc(-c2cccnc2)cc1. The number of morpholine rings is 1. The van der Waals surface area contributed by atoms with Gasteiger partial charge in [0.15, 0.2) is 0 Å². The number of hydrogen-bond donors (Lipinski definition) is 1. The fourth-order valence-electron chi connectivity index (χ4n) is 2.88. The van der Waals surface area contributed by atoms with Crippen LogP contribution in [-0.2, 0) is 4.74 Å². The molecule has 1 aliphatic heterocycles. The molecule has 0 aliphatic carbocycles. The van der Waals surface area contributed by atoms with E-state index in [4.69, 9.17) is 4.74 Å². The summed E-state index contributed by atoms with van der Waals surface area (Å²) in [7, 11) is 0. The number of urea groups is 1.